The fraction of sp³-hybridized carbons (Fsp3) is 0.567. The number of amides is 1. The van der Waals surface area contributed by atoms with Crippen LogP contribution in [0.4, 0.5) is 29.1 Å². The van der Waals surface area contributed by atoms with E-state index in [0.29, 0.717) is 49.9 Å². The Morgan fingerprint density at radius 2 is 1.88 bits per heavy atom. The third-order valence-corrected chi connectivity index (χ3v) is 9.34. The maximum absolute atomic E-state index is 15.3. The molecule has 9 nitrogen and oxygen atoms in total. The van der Waals surface area contributed by atoms with Gasteiger partial charge in [0.25, 0.3) is 0 Å². The van der Waals surface area contributed by atoms with Crippen molar-refractivity contribution in [2.75, 3.05) is 56.5 Å². The average Bonchev–Trinajstić information content (AvgIpc) is 3.57. The van der Waals surface area contributed by atoms with Gasteiger partial charge in [-0.1, -0.05) is 6.58 Å². The molecule has 4 aliphatic rings. The van der Waals surface area contributed by atoms with Gasteiger partial charge in [0, 0.05) is 43.7 Å². The van der Waals surface area contributed by atoms with Crippen LogP contribution in [0.3, 0.4) is 0 Å². The molecule has 4 aliphatic heterocycles. The molecule has 2 aromatic rings. The molecule has 2 N–H and O–H groups in total. The zero-order valence-electron chi connectivity index (χ0n) is 24.2. The molecule has 0 radical (unpaired) electrons. The van der Waals surface area contributed by atoms with E-state index in [1.54, 1.807) is 4.90 Å². The Morgan fingerprint density at radius 3 is 2.53 bits per heavy atom. The van der Waals surface area contributed by atoms with Gasteiger partial charge in [-0.15, -0.1) is 0 Å². The second kappa shape index (κ2) is 11.2. The molecule has 0 saturated carbocycles. The maximum Gasteiger partial charge on any atom is 0.417 e. The highest BCUT2D eigenvalue weighted by atomic mass is 19.4. The minimum atomic E-state index is -4.81. The number of hydrogen-bond donors (Lipinski definition) is 1. The third-order valence-electron chi connectivity index (χ3n) is 9.34. The molecule has 0 bridgehead atoms. The Bertz CT molecular complexity index is 1420. The highest BCUT2D eigenvalue weighted by Gasteiger charge is 2.45. The number of carbonyl (C=O) groups excluding carboxylic acids is 1. The van der Waals surface area contributed by atoms with Gasteiger partial charge in [0.2, 0.25) is 5.91 Å². The van der Waals surface area contributed by atoms with Crippen LogP contribution in [0.25, 0.3) is 0 Å². The second-order valence-electron chi connectivity index (χ2n) is 11.9. The van der Waals surface area contributed by atoms with Crippen LogP contribution in [0.2, 0.25) is 0 Å². The number of nitrogens with two attached hydrogens (primary N) is 1. The van der Waals surface area contributed by atoms with Gasteiger partial charge < -0.3 is 25.0 Å². The van der Waals surface area contributed by atoms with Gasteiger partial charge in [-0.25, -0.2) is 4.39 Å². The first-order chi connectivity index (χ1) is 20.5. The SMILES string of the molecule is C=CC(=O)N1CCN(c2nc(OCC34CCCN3CCC4)nc3c2COC(c2c(F)c(N)cc(C)c2C(F)(F)F)C3)CC1. The normalized spacial score (nSPS) is 21.9. The van der Waals surface area contributed by atoms with Crippen LogP contribution in [0, 0.1) is 12.7 Å². The first-order valence-corrected chi connectivity index (χ1v) is 14.7. The highest BCUT2D eigenvalue weighted by Crippen LogP contribution is 2.45. The lowest BCUT2D eigenvalue weighted by Gasteiger charge is -2.37. The van der Waals surface area contributed by atoms with Gasteiger partial charge in [0.05, 0.1) is 35.2 Å². The largest absolute Gasteiger partial charge is 0.461 e. The molecule has 5 heterocycles. The molecule has 232 valence electrons. The van der Waals surface area contributed by atoms with E-state index < -0.39 is 29.2 Å². The summed E-state index contributed by atoms with van der Waals surface area (Å²) in [5, 5.41) is 0. The zero-order chi connectivity index (χ0) is 30.5. The summed E-state index contributed by atoms with van der Waals surface area (Å²) < 4.78 is 70.0. The van der Waals surface area contributed by atoms with Crippen molar-refractivity contribution in [1.29, 1.82) is 0 Å². The number of benzene rings is 1. The number of piperazine rings is 1. The van der Waals surface area contributed by atoms with Gasteiger partial charge in [-0.2, -0.15) is 23.1 Å². The third kappa shape index (κ3) is 5.41. The van der Waals surface area contributed by atoms with Gasteiger partial charge in [-0.3, -0.25) is 9.69 Å². The molecular weight excluding hydrogens is 568 g/mol. The number of ether oxygens (including phenoxy) is 2. The summed E-state index contributed by atoms with van der Waals surface area (Å²) in [6.45, 7) is 9.02. The van der Waals surface area contributed by atoms with E-state index in [9.17, 15) is 18.0 Å². The summed E-state index contributed by atoms with van der Waals surface area (Å²) in [5.74, 6) is -0.741. The predicted molar refractivity (Wildman–Crippen MR) is 151 cm³/mol. The van der Waals surface area contributed by atoms with Crippen molar-refractivity contribution < 1.29 is 31.8 Å². The van der Waals surface area contributed by atoms with Crippen LogP contribution >= 0.6 is 0 Å². The van der Waals surface area contributed by atoms with E-state index in [-0.39, 0.29) is 41.7 Å². The molecule has 13 heteroatoms. The predicted octanol–water partition coefficient (Wildman–Crippen LogP) is 4.18. The molecule has 1 aromatic carbocycles. The fourth-order valence-electron chi connectivity index (χ4n) is 7.19. The number of halogens is 4. The number of alkyl halides is 3. The van der Waals surface area contributed by atoms with Crippen LogP contribution < -0.4 is 15.4 Å². The smallest absolute Gasteiger partial charge is 0.417 e. The van der Waals surface area contributed by atoms with Crippen molar-refractivity contribution in [2.24, 2.45) is 0 Å². The first kappa shape index (κ1) is 29.6. The lowest BCUT2D eigenvalue weighted by molar-refractivity contribution is -0.140. The summed E-state index contributed by atoms with van der Waals surface area (Å²) in [7, 11) is 0. The van der Waals surface area contributed by atoms with E-state index in [1.807, 2.05) is 4.90 Å². The molecule has 0 spiro atoms. The molecule has 3 saturated heterocycles. The van der Waals surface area contributed by atoms with Gasteiger partial charge in [-0.05, 0) is 63.4 Å². The molecular formula is C30H36F4N6O3. The fourth-order valence-corrected chi connectivity index (χ4v) is 7.19. The topological polar surface area (TPSA) is 97.0 Å². The van der Waals surface area contributed by atoms with Crippen molar-refractivity contribution >= 4 is 17.4 Å². The van der Waals surface area contributed by atoms with Crippen LogP contribution in [-0.4, -0.2) is 77.1 Å². The van der Waals surface area contributed by atoms with Crippen molar-refractivity contribution in [3.8, 4) is 6.01 Å². The number of aromatic nitrogens is 2. The maximum atomic E-state index is 15.3. The summed E-state index contributed by atoms with van der Waals surface area (Å²) in [5.41, 5.74) is 4.54. The molecule has 3 fully saturated rings. The number of carbonyl (C=O) groups is 1. The van der Waals surface area contributed by atoms with Gasteiger partial charge >= 0.3 is 12.2 Å². The van der Waals surface area contributed by atoms with E-state index in [4.69, 9.17) is 20.2 Å². The van der Waals surface area contributed by atoms with E-state index in [2.05, 4.69) is 16.5 Å². The standard InChI is InChI=1S/C30H36F4N6O3/c1-3-23(41)38-10-12-39(13-11-38)27-19-16-42-22(24-25(30(32,33)34)18(2)14-20(35)26(24)31)15-21(19)36-28(37-27)43-17-29-6-4-8-40(29)9-5-7-29/h3,14,22H,1,4-13,15-17,35H2,2H3. The minimum Gasteiger partial charge on any atom is -0.461 e. The number of rotatable bonds is 6. The molecule has 6 rings (SSSR count). The van der Waals surface area contributed by atoms with Crippen LogP contribution in [0.1, 0.15) is 59.7 Å². The van der Waals surface area contributed by atoms with Crippen LogP contribution in [-0.2, 0) is 28.7 Å². The molecule has 43 heavy (non-hydrogen) atoms. The number of fused-ring (bicyclic) bond motifs is 2. The summed E-state index contributed by atoms with van der Waals surface area (Å²) >= 11 is 0. The quantitative estimate of drug-likeness (QED) is 0.298. The second-order valence-corrected chi connectivity index (χ2v) is 11.9. The van der Waals surface area contributed by atoms with Crippen molar-refractivity contribution in [2.45, 2.75) is 63.5 Å². The Morgan fingerprint density at radius 1 is 1.19 bits per heavy atom. The Labute approximate surface area is 247 Å². The van der Waals surface area contributed by atoms with Crippen molar-refractivity contribution in [3.05, 3.63) is 52.5 Å². The molecule has 1 atom stereocenters. The zero-order valence-corrected chi connectivity index (χ0v) is 24.2. The first-order valence-electron chi connectivity index (χ1n) is 14.7. The van der Waals surface area contributed by atoms with Crippen LogP contribution in [0.5, 0.6) is 6.01 Å². The van der Waals surface area contributed by atoms with Gasteiger partial charge in [0.15, 0.2) is 5.82 Å². The molecule has 1 unspecified atom stereocenters. The number of nitrogen functional groups attached to an aromatic ring is 1. The molecule has 1 aromatic heterocycles. The number of nitrogens with zero attached hydrogens (tertiary/aromatic N) is 5. The summed E-state index contributed by atoms with van der Waals surface area (Å²) in [6.07, 6.45) is -0.665. The van der Waals surface area contributed by atoms with Crippen molar-refractivity contribution in [1.82, 2.24) is 19.8 Å². The van der Waals surface area contributed by atoms with Gasteiger partial charge in [0.1, 0.15) is 12.4 Å². The monoisotopic (exact) mass is 604 g/mol. The number of anilines is 2. The Balaban J connectivity index is 1.35. The minimum absolute atomic E-state index is 0.0639. The summed E-state index contributed by atoms with van der Waals surface area (Å²) in [6, 6.07) is 1.13. The van der Waals surface area contributed by atoms with E-state index >= 15 is 4.39 Å². The average molecular weight is 605 g/mol. The highest BCUT2D eigenvalue weighted by molar-refractivity contribution is 5.87. The van der Waals surface area contributed by atoms with Crippen molar-refractivity contribution in [3.63, 3.8) is 0 Å². The number of aryl methyl sites for hydroxylation is 1. The molecule has 0 aliphatic carbocycles. The van der Waals surface area contributed by atoms with E-state index in [0.717, 1.165) is 44.8 Å². The Hall–Kier alpha value is -3.45. The number of hydrogen-bond acceptors (Lipinski definition) is 8. The lowest BCUT2D eigenvalue weighted by atomic mass is 9.91. The Kier molecular flexibility index (Phi) is 7.74. The summed E-state index contributed by atoms with van der Waals surface area (Å²) in [4.78, 5) is 27.7. The van der Waals surface area contributed by atoms with Crippen LogP contribution in [0.15, 0.2) is 18.7 Å². The lowest BCUT2D eigenvalue weighted by Crippen LogP contribution is -2.49. The molecule has 1 amide bonds. The van der Waals surface area contributed by atoms with E-state index in [1.165, 1.54) is 13.0 Å².